The van der Waals surface area contributed by atoms with Crippen LogP contribution in [-0.2, 0) is 0 Å². The maximum atomic E-state index is 6.46. The van der Waals surface area contributed by atoms with Crippen LogP contribution in [0.4, 0.5) is 5.69 Å². The number of nitrogens with zero attached hydrogens (tertiary/aromatic N) is 3. The Morgan fingerprint density at radius 1 is 0.735 bits per heavy atom. The van der Waals surface area contributed by atoms with Crippen LogP contribution in [0.3, 0.4) is 0 Å². The van der Waals surface area contributed by atoms with Crippen molar-refractivity contribution < 1.29 is 4.74 Å². The Morgan fingerprint density at radius 3 is 2.29 bits per heavy atom. The van der Waals surface area contributed by atoms with Gasteiger partial charge in [-0.2, -0.15) is 0 Å². The lowest BCUT2D eigenvalue weighted by Gasteiger charge is -2.24. The first kappa shape index (κ1) is 21.8. The van der Waals surface area contributed by atoms with Crippen molar-refractivity contribution >= 4 is 5.69 Å². The van der Waals surface area contributed by atoms with Gasteiger partial charge >= 0.3 is 0 Å². The summed E-state index contributed by atoms with van der Waals surface area (Å²) in [5, 5.41) is 0. The van der Waals surface area contributed by atoms with Crippen LogP contribution in [0.25, 0.3) is 22.4 Å². The van der Waals surface area contributed by atoms with Crippen molar-refractivity contribution in [3.8, 4) is 33.9 Å². The van der Waals surface area contributed by atoms with E-state index in [1.165, 1.54) is 22.4 Å². The van der Waals surface area contributed by atoms with Crippen LogP contribution in [0.15, 0.2) is 91.4 Å². The van der Waals surface area contributed by atoms with E-state index in [0.717, 1.165) is 40.6 Å². The molecule has 0 saturated carbocycles. The molecule has 3 aromatic carbocycles. The molecule has 1 aromatic heterocycles. The molecule has 0 fully saturated rings. The third-order valence-electron chi connectivity index (χ3n) is 6.56. The molecule has 5 rings (SSSR count). The van der Waals surface area contributed by atoms with E-state index in [1.54, 1.807) is 0 Å². The molecule has 170 valence electrons. The summed E-state index contributed by atoms with van der Waals surface area (Å²) in [7, 11) is 2.08. The summed E-state index contributed by atoms with van der Waals surface area (Å²) in [6.45, 7) is 7.31. The van der Waals surface area contributed by atoms with E-state index in [4.69, 9.17) is 4.74 Å². The quantitative estimate of drug-likeness (QED) is 0.321. The van der Waals surface area contributed by atoms with Gasteiger partial charge in [-0.05, 0) is 72.9 Å². The Balaban J connectivity index is 1.46. The Morgan fingerprint density at radius 2 is 1.53 bits per heavy atom. The summed E-state index contributed by atoms with van der Waals surface area (Å²) < 4.78 is 6.46. The summed E-state index contributed by atoms with van der Waals surface area (Å²) in [6, 6.07) is 24.9. The molecule has 0 bridgehead atoms. The number of hydrogen-bond acceptors (Lipinski definition) is 4. The summed E-state index contributed by atoms with van der Waals surface area (Å²) in [5.74, 6) is 1.68. The topological polar surface area (TPSA) is 28.6 Å². The van der Waals surface area contributed by atoms with Crippen molar-refractivity contribution in [2.75, 3.05) is 18.6 Å². The third-order valence-corrected chi connectivity index (χ3v) is 6.56. The van der Waals surface area contributed by atoms with Gasteiger partial charge < -0.3 is 14.5 Å². The van der Waals surface area contributed by atoms with Gasteiger partial charge in [0.2, 0.25) is 0 Å². The molecule has 0 N–H and O–H groups in total. The predicted molar refractivity (Wildman–Crippen MR) is 140 cm³/mol. The number of anilines is 1. The van der Waals surface area contributed by atoms with E-state index < -0.39 is 0 Å². The molecule has 0 amide bonds. The number of hydrogen-bond donors (Lipinski definition) is 0. The fourth-order valence-corrected chi connectivity index (χ4v) is 4.33. The SMILES string of the molecule is Cc1c(Oc2cccc(-c3cc(-c4ccccc4)ccn3)c2)cc(N2C=CN(C)C2)c(C)c1C. The van der Waals surface area contributed by atoms with Crippen LogP contribution < -0.4 is 9.64 Å². The zero-order chi connectivity index (χ0) is 23.7. The normalized spacial score (nSPS) is 12.9. The van der Waals surface area contributed by atoms with Gasteiger partial charge in [-0.1, -0.05) is 42.5 Å². The van der Waals surface area contributed by atoms with Gasteiger partial charge in [0.15, 0.2) is 0 Å². The zero-order valence-corrected chi connectivity index (χ0v) is 20.1. The van der Waals surface area contributed by atoms with Crippen LogP contribution in [0, 0.1) is 20.8 Å². The monoisotopic (exact) mass is 447 g/mol. The molecule has 4 heteroatoms. The second-order valence-corrected chi connectivity index (χ2v) is 8.86. The molecule has 0 aliphatic carbocycles. The summed E-state index contributed by atoms with van der Waals surface area (Å²) in [4.78, 5) is 9.04. The van der Waals surface area contributed by atoms with Crippen LogP contribution in [0.1, 0.15) is 16.7 Å². The maximum absolute atomic E-state index is 6.46. The van der Waals surface area contributed by atoms with E-state index in [2.05, 4.69) is 104 Å². The molecule has 1 aliphatic rings. The van der Waals surface area contributed by atoms with E-state index in [-0.39, 0.29) is 0 Å². The molecule has 1 aliphatic heterocycles. The minimum Gasteiger partial charge on any atom is -0.457 e. The summed E-state index contributed by atoms with van der Waals surface area (Å²) in [6.07, 6.45) is 6.08. The minimum atomic E-state index is 0.802. The first-order valence-electron chi connectivity index (χ1n) is 11.6. The van der Waals surface area contributed by atoms with E-state index in [9.17, 15) is 0 Å². The second kappa shape index (κ2) is 9.06. The molecule has 4 aromatic rings. The Hall–Kier alpha value is -4.05. The van der Waals surface area contributed by atoms with Gasteiger partial charge in [-0.3, -0.25) is 4.98 Å². The lowest BCUT2D eigenvalue weighted by Crippen LogP contribution is -2.22. The zero-order valence-electron chi connectivity index (χ0n) is 20.1. The second-order valence-electron chi connectivity index (χ2n) is 8.86. The number of ether oxygens (including phenoxy) is 1. The standard InChI is InChI=1S/C30H29N3O/c1-21-22(2)29(33-16-15-32(4)20-33)19-30(23(21)3)34-27-12-8-11-26(17-27)28-18-25(13-14-31-28)24-9-6-5-7-10-24/h5-19H,20H2,1-4H3. The molecular weight excluding hydrogens is 418 g/mol. The highest BCUT2D eigenvalue weighted by molar-refractivity contribution is 5.71. The van der Waals surface area contributed by atoms with Gasteiger partial charge in [0.1, 0.15) is 11.5 Å². The molecule has 34 heavy (non-hydrogen) atoms. The number of pyridine rings is 1. The minimum absolute atomic E-state index is 0.802. The number of rotatable bonds is 5. The highest BCUT2D eigenvalue weighted by Gasteiger charge is 2.18. The van der Waals surface area contributed by atoms with Crippen molar-refractivity contribution in [2.24, 2.45) is 0 Å². The van der Waals surface area contributed by atoms with Gasteiger partial charge in [0.25, 0.3) is 0 Å². The van der Waals surface area contributed by atoms with Gasteiger partial charge in [0, 0.05) is 43.0 Å². The van der Waals surface area contributed by atoms with Crippen molar-refractivity contribution in [1.82, 2.24) is 9.88 Å². The van der Waals surface area contributed by atoms with Crippen LogP contribution in [0.5, 0.6) is 11.5 Å². The first-order chi connectivity index (χ1) is 16.5. The van der Waals surface area contributed by atoms with Crippen LogP contribution in [0.2, 0.25) is 0 Å². The highest BCUT2D eigenvalue weighted by Crippen LogP contribution is 2.37. The number of benzene rings is 3. The molecule has 0 radical (unpaired) electrons. The molecule has 0 saturated heterocycles. The van der Waals surface area contributed by atoms with E-state index in [1.807, 2.05) is 30.5 Å². The third kappa shape index (κ3) is 4.27. The van der Waals surface area contributed by atoms with Gasteiger partial charge in [-0.25, -0.2) is 0 Å². The molecule has 0 atom stereocenters. The predicted octanol–water partition coefficient (Wildman–Crippen LogP) is 7.31. The van der Waals surface area contributed by atoms with Crippen LogP contribution >= 0.6 is 0 Å². The highest BCUT2D eigenvalue weighted by atomic mass is 16.5. The Kier molecular flexibility index (Phi) is 5.81. The van der Waals surface area contributed by atoms with Gasteiger partial charge in [0.05, 0.1) is 12.4 Å². The smallest absolute Gasteiger partial charge is 0.132 e. The van der Waals surface area contributed by atoms with Crippen molar-refractivity contribution in [2.45, 2.75) is 20.8 Å². The largest absolute Gasteiger partial charge is 0.457 e. The molecular formula is C30H29N3O. The fourth-order valence-electron chi connectivity index (χ4n) is 4.33. The summed E-state index contributed by atoms with van der Waals surface area (Å²) >= 11 is 0. The first-order valence-corrected chi connectivity index (χ1v) is 11.6. The maximum Gasteiger partial charge on any atom is 0.132 e. The van der Waals surface area contributed by atoms with Gasteiger partial charge in [-0.15, -0.1) is 0 Å². The molecule has 4 nitrogen and oxygen atoms in total. The number of aromatic nitrogens is 1. The van der Waals surface area contributed by atoms with Crippen molar-refractivity contribution in [3.05, 3.63) is 108 Å². The van der Waals surface area contributed by atoms with E-state index >= 15 is 0 Å². The fraction of sp³-hybridized carbons (Fsp3) is 0.167. The Labute approximate surface area is 201 Å². The lowest BCUT2D eigenvalue weighted by atomic mass is 10.0. The molecule has 0 unspecified atom stereocenters. The Bertz CT molecular complexity index is 1360. The van der Waals surface area contributed by atoms with Crippen LogP contribution in [-0.4, -0.2) is 23.6 Å². The van der Waals surface area contributed by atoms with E-state index in [0.29, 0.717) is 0 Å². The summed E-state index contributed by atoms with van der Waals surface area (Å²) in [5.41, 5.74) is 9.15. The average Bonchev–Trinajstić information content (AvgIpc) is 3.31. The average molecular weight is 448 g/mol. The molecule has 2 heterocycles. The van der Waals surface area contributed by atoms with Crippen molar-refractivity contribution in [3.63, 3.8) is 0 Å². The van der Waals surface area contributed by atoms with Crippen molar-refractivity contribution in [1.29, 1.82) is 0 Å². The molecule has 0 spiro atoms. The lowest BCUT2D eigenvalue weighted by molar-refractivity contribution is 0.476.